The van der Waals surface area contributed by atoms with Crippen LogP contribution in [0.15, 0.2) is 18.2 Å². The summed E-state index contributed by atoms with van der Waals surface area (Å²) in [6.45, 7) is 2.25. The molecule has 1 aromatic carbocycles. The molecule has 1 aliphatic carbocycles. The molecule has 1 aliphatic rings. The molecule has 0 aromatic heterocycles. The molecule has 1 fully saturated rings. The SMILES string of the molecule is CCOc1cccc(NC2CCC(SC)CC2)c1[N+](=O)[O-]. The predicted molar refractivity (Wildman–Crippen MR) is 87.4 cm³/mol. The van der Waals surface area contributed by atoms with E-state index >= 15 is 0 Å². The number of hydrogen-bond acceptors (Lipinski definition) is 5. The molecule has 0 atom stereocenters. The molecule has 2 rings (SSSR count). The van der Waals surface area contributed by atoms with Crippen LogP contribution in [-0.4, -0.2) is 29.1 Å². The summed E-state index contributed by atoms with van der Waals surface area (Å²) in [6, 6.07) is 5.52. The Morgan fingerprint density at radius 1 is 1.38 bits per heavy atom. The molecule has 0 radical (unpaired) electrons. The fourth-order valence-electron chi connectivity index (χ4n) is 2.76. The van der Waals surface area contributed by atoms with E-state index in [2.05, 4.69) is 11.6 Å². The molecule has 1 aromatic rings. The maximum Gasteiger partial charge on any atom is 0.333 e. The maximum atomic E-state index is 11.3. The van der Waals surface area contributed by atoms with E-state index in [1.165, 1.54) is 0 Å². The Labute approximate surface area is 129 Å². The summed E-state index contributed by atoms with van der Waals surface area (Å²) in [5.74, 6) is 0.338. The minimum atomic E-state index is -0.360. The fourth-order valence-corrected chi connectivity index (χ4v) is 3.51. The quantitative estimate of drug-likeness (QED) is 0.633. The van der Waals surface area contributed by atoms with Crippen LogP contribution in [0.2, 0.25) is 0 Å². The Morgan fingerprint density at radius 2 is 2.10 bits per heavy atom. The van der Waals surface area contributed by atoms with Gasteiger partial charge in [-0.1, -0.05) is 6.07 Å². The third kappa shape index (κ3) is 4.03. The second-order valence-corrected chi connectivity index (χ2v) is 6.33. The van der Waals surface area contributed by atoms with Gasteiger partial charge in [-0.25, -0.2) is 0 Å². The van der Waals surface area contributed by atoms with Crippen molar-refractivity contribution >= 4 is 23.1 Å². The normalized spacial score (nSPS) is 21.8. The lowest BCUT2D eigenvalue weighted by molar-refractivity contribution is -0.385. The zero-order chi connectivity index (χ0) is 15.2. The lowest BCUT2D eigenvalue weighted by Gasteiger charge is -2.28. The van der Waals surface area contributed by atoms with Gasteiger partial charge >= 0.3 is 5.69 Å². The van der Waals surface area contributed by atoms with Crippen LogP contribution in [-0.2, 0) is 0 Å². The van der Waals surface area contributed by atoms with E-state index in [1.54, 1.807) is 18.2 Å². The predicted octanol–water partition coefficient (Wildman–Crippen LogP) is 4.08. The Bertz CT molecular complexity index is 488. The maximum absolute atomic E-state index is 11.3. The van der Waals surface area contributed by atoms with Crippen LogP contribution < -0.4 is 10.1 Å². The fraction of sp³-hybridized carbons (Fsp3) is 0.600. The Hall–Kier alpha value is -1.43. The van der Waals surface area contributed by atoms with Gasteiger partial charge in [0.2, 0.25) is 0 Å². The van der Waals surface area contributed by atoms with Gasteiger partial charge in [0.25, 0.3) is 0 Å². The molecule has 0 amide bonds. The van der Waals surface area contributed by atoms with Gasteiger partial charge in [0.15, 0.2) is 5.75 Å². The number of rotatable bonds is 6. The third-order valence-corrected chi connectivity index (χ3v) is 4.99. The smallest absolute Gasteiger partial charge is 0.333 e. The number of nitrogens with zero attached hydrogens (tertiary/aromatic N) is 1. The van der Waals surface area contributed by atoms with Gasteiger partial charge in [0.1, 0.15) is 5.69 Å². The van der Waals surface area contributed by atoms with Crippen molar-refractivity contribution in [3.05, 3.63) is 28.3 Å². The highest BCUT2D eigenvalue weighted by Crippen LogP contribution is 2.37. The van der Waals surface area contributed by atoms with Crippen LogP contribution in [0.25, 0.3) is 0 Å². The molecule has 0 unspecified atom stereocenters. The Morgan fingerprint density at radius 3 is 2.67 bits per heavy atom. The molecule has 21 heavy (non-hydrogen) atoms. The topological polar surface area (TPSA) is 64.4 Å². The summed E-state index contributed by atoms with van der Waals surface area (Å²) in [4.78, 5) is 11.0. The monoisotopic (exact) mass is 310 g/mol. The van der Waals surface area contributed by atoms with Gasteiger partial charge in [-0.3, -0.25) is 10.1 Å². The van der Waals surface area contributed by atoms with Crippen molar-refractivity contribution in [1.82, 2.24) is 0 Å². The van der Waals surface area contributed by atoms with Crippen molar-refractivity contribution < 1.29 is 9.66 Å². The first-order valence-corrected chi connectivity index (χ1v) is 8.64. The zero-order valence-corrected chi connectivity index (χ0v) is 13.3. The summed E-state index contributed by atoms with van der Waals surface area (Å²) < 4.78 is 5.38. The number of nitro groups is 1. The molecule has 116 valence electrons. The van der Waals surface area contributed by atoms with Gasteiger partial charge in [0, 0.05) is 11.3 Å². The van der Waals surface area contributed by atoms with Crippen molar-refractivity contribution in [2.24, 2.45) is 0 Å². The summed E-state index contributed by atoms with van der Waals surface area (Å²) in [5.41, 5.74) is 0.616. The standard InChI is InChI=1S/C15H22N2O3S/c1-3-20-14-6-4-5-13(15(14)17(18)19)16-11-7-9-12(21-2)10-8-11/h4-6,11-12,16H,3,7-10H2,1-2H3. The number of hydrogen-bond donors (Lipinski definition) is 1. The molecule has 1 N–H and O–H groups in total. The minimum absolute atomic E-state index is 0.0475. The molecule has 1 saturated carbocycles. The zero-order valence-electron chi connectivity index (χ0n) is 12.5. The van der Waals surface area contributed by atoms with Crippen LogP contribution in [0.3, 0.4) is 0 Å². The molecule has 0 heterocycles. The molecule has 6 heteroatoms. The molecular formula is C15H22N2O3S. The first-order valence-electron chi connectivity index (χ1n) is 7.35. The van der Waals surface area contributed by atoms with E-state index in [0.717, 1.165) is 30.9 Å². The summed E-state index contributed by atoms with van der Waals surface area (Å²) in [7, 11) is 0. The van der Waals surface area contributed by atoms with E-state index in [-0.39, 0.29) is 10.6 Å². The van der Waals surface area contributed by atoms with Gasteiger partial charge in [-0.05, 0) is 51.0 Å². The molecule has 0 spiro atoms. The molecule has 0 aliphatic heterocycles. The Kier molecular flexibility index (Phi) is 5.73. The van der Waals surface area contributed by atoms with E-state index in [1.807, 2.05) is 18.7 Å². The van der Waals surface area contributed by atoms with Gasteiger partial charge in [-0.2, -0.15) is 11.8 Å². The van der Waals surface area contributed by atoms with Crippen molar-refractivity contribution in [2.45, 2.75) is 43.9 Å². The van der Waals surface area contributed by atoms with Crippen molar-refractivity contribution in [2.75, 3.05) is 18.2 Å². The van der Waals surface area contributed by atoms with E-state index in [4.69, 9.17) is 4.74 Å². The van der Waals surface area contributed by atoms with Gasteiger partial charge < -0.3 is 10.1 Å². The summed E-state index contributed by atoms with van der Waals surface area (Å²) in [6.07, 6.45) is 6.59. The number of nitro benzene ring substituents is 1. The van der Waals surface area contributed by atoms with Gasteiger partial charge in [0.05, 0.1) is 11.5 Å². The highest BCUT2D eigenvalue weighted by Gasteiger charge is 2.25. The summed E-state index contributed by atoms with van der Waals surface area (Å²) >= 11 is 1.92. The summed E-state index contributed by atoms with van der Waals surface area (Å²) in [5, 5.41) is 15.4. The van der Waals surface area contributed by atoms with Crippen LogP contribution in [0.4, 0.5) is 11.4 Å². The van der Waals surface area contributed by atoms with Crippen LogP contribution in [0.5, 0.6) is 5.75 Å². The molecule has 0 saturated heterocycles. The minimum Gasteiger partial charge on any atom is -0.487 e. The van der Waals surface area contributed by atoms with E-state index < -0.39 is 0 Å². The van der Waals surface area contributed by atoms with Gasteiger partial charge in [-0.15, -0.1) is 0 Å². The molecular weight excluding hydrogens is 288 g/mol. The molecule has 0 bridgehead atoms. The van der Waals surface area contributed by atoms with Crippen LogP contribution in [0.1, 0.15) is 32.6 Å². The number of ether oxygens (including phenoxy) is 1. The highest BCUT2D eigenvalue weighted by molar-refractivity contribution is 7.99. The van der Waals surface area contributed by atoms with E-state index in [9.17, 15) is 10.1 Å². The van der Waals surface area contributed by atoms with Crippen LogP contribution >= 0.6 is 11.8 Å². The van der Waals surface area contributed by atoms with Crippen molar-refractivity contribution in [1.29, 1.82) is 0 Å². The number of benzene rings is 1. The lowest BCUT2D eigenvalue weighted by Crippen LogP contribution is -2.27. The third-order valence-electron chi connectivity index (χ3n) is 3.85. The molecule has 5 nitrogen and oxygen atoms in total. The largest absolute Gasteiger partial charge is 0.487 e. The van der Waals surface area contributed by atoms with Crippen molar-refractivity contribution in [3.8, 4) is 5.75 Å². The first kappa shape index (κ1) is 15.9. The average molecular weight is 310 g/mol. The highest BCUT2D eigenvalue weighted by atomic mass is 32.2. The van der Waals surface area contributed by atoms with E-state index in [0.29, 0.717) is 24.1 Å². The average Bonchev–Trinajstić information content (AvgIpc) is 2.48. The number of thioether (sulfide) groups is 1. The van der Waals surface area contributed by atoms with Crippen molar-refractivity contribution in [3.63, 3.8) is 0 Å². The number of nitrogens with one attached hydrogen (secondary N) is 1. The second-order valence-electron chi connectivity index (χ2n) is 5.20. The Balaban J connectivity index is 2.12. The lowest BCUT2D eigenvalue weighted by atomic mass is 9.94. The number of para-hydroxylation sites is 1. The second kappa shape index (κ2) is 7.54. The first-order chi connectivity index (χ1) is 10.2. The number of anilines is 1. The van der Waals surface area contributed by atoms with Crippen LogP contribution in [0, 0.1) is 10.1 Å².